The van der Waals surface area contributed by atoms with Gasteiger partial charge < -0.3 is 0 Å². The minimum Gasteiger partial charge on any atom is -0.208 e. The lowest BCUT2D eigenvalue weighted by Gasteiger charge is -2.21. The standard InChI is InChI=1S/C50H35N3/c1-50(2)45-20-12-11-19-43(45)44-26-24-37(31-46(44)50)48-51-47(36-23-25-42-35(27-36)22-21-34-17-9-10-18-41(34)42)52-49(53-48)40-29-38(32-13-5-3-6-14-32)28-39(30-40)33-15-7-4-8-16-33/h3-31H,1-2H3. The van der Waals surface area contributed by atoms with Crippen LogP contribution in [0.1, 0.15) is 25.0 Å². The van der Waals surface area contributed by atoms with E-state index < -0.39 is 0 Å². The van der Waals surface area contributed by atoms with E-state index in [1.165, 1.54) is 38.4 Å². The van der Waals surface area contributed by atoms with Crippen LogP contribution in [0.2, 0.25) is 0 Å². The van der Waals surface area contributed by atoms with Gasteiger partial charge in [-0.3, -0.25) is 0 Å². The number of benzene rings is 8. The van der Waals surface area contributed by atoms with Crippen molar-refractivity contribution < 1.29 is 0 Å². The molecule has 53 heavy (non-hydrogen) atoms. The van der Waals surface area contributed by atoms with Gasteiger partial charge in [0.1, 0.15) is 0 Å². The summed E-state index contributed by atoms with van der Waals surface area (Å²) in [7, 11) is 0. The SMILES string of the molecule is CC1(C)c2ccccc2-c2ccc(-c3nc(-c4cc(-c5ccccc5)cc(-c5ccccc5)c4)nc(-c4ccc5c(ccc6ccccc65)c4)n3)cc21. The third-order valence-electron chi connectivity index (χ3n) is 10.9. The second-order valence-corrected chi connectivity index (χ2v) is 14.5. The summed E-state index contributed by atoms with van der Waals surface area (Å²) in [6.45, 7) is 4.62. The Morgan fingerprint density at radius 3 is 1.55 bits per heavy atom. The molecule has 0 atom stereocenters. The van der Waals surface area contributed by atoms with E-state index in [2.05, 4.69) is 190 Å². The van der Waals surface area contributed by atoms with E-state index in [0.717, 1.165) is 44.3 Å². The lowest BCUT2D eigenvalue weighted by atomic mass is 9.82. The summed E-state index contributed by atoms with van der Waals surface area (Å²) >= 11 is 0. The largest absolute Gasteiger partial charge is 0.208 e. The molecule has 9 aromatic rings. The predicted molar refractivity (Wildman–Crippen MR) is 220 cm³/mol. The molecule has 1 aromatic heterocycles. The van der Waals surface area contributed by atoms with Gasteiger partial charge in [0.15, 0.2) is 17.5 Å². The van der Waals surface area contributed by atoms with Crippen LogP contribution in [-0.2, 0) is 5.41 Å². The first kappa shape index (κ1) is 31.1. The second-order valence-electron chi connectivity index (χ2n) is 14.5. The van der Waals surface area contributed by atoms with Crippen molar-refractivity contribution in [2.75, 3.05) is 0 Å². The third kappa shape index (κ3) is 5.32. The van der Waals surface area contributed by atoms with Crippen molar-refractivity contribution in [3.63, 3.8) is 0 Å². The van der Waals surface area contributed by atoms with Gasteiger partial charge in [-0.05, 0) is 96.4 Å². The van der Waals surface area contributed by atoms with Crippen LogP contribution in [0.4, 0.5) is 0 Å². The highest BCUT2D eigenvalue weighted by atomic mass is 15.0. The van der Waals surface area contributed by atoms with Gasteiger partial charge in [-0.1, -0.05) is 159 Å². The van der Waals surface area contributed by atoms with Crippen LogP contribution < -0.4 is 0 Å². The molecule has 0 spiro atoms. The van der Waals surface area contributed by atoms with Gasteiger partial charge in [0, 0.05) is 22.1 Å². The van der Waals surface area contributed by atoms with Crippen LogP contribution in [0, 0.1) is 0 Å². The number of fused-ring (bicyclic) bond motifs is 6. The zero-order chi connectivity index (χ0) is 35.5. The summed E-state index contributed by atoms with van der Waals surface area (Å²) in [4.78, 5) is 15.8. The zero-order valence-electron chi connectivity index (χ0n) is 29.6. The first-order valence-corrected chi connectivity index (χ1v) is 18.2. The molecule has 3 nitrogen and oxygen atoms in total. The molecule has 0 radical (unpaired) electrons. The number of hydrogen-bond donors (Lipinski definition) is 0. The Kier molecular flexibility index (Phi) is 7.16. The molecule has 0 N–H and O–H groups in total. The Morgan fingerprint density at radius 2 is 0.830 bits per heavy atom. The third-order valence-corrected chi connectivity index (χ3v) is 10.9. The summed E-state index contributed by atoms with van der Waals surface area (Å²) < 4.78 is 0. The van der Waals surface area contributed by atoms with Crippen molar-refractivity contribution in [2.45, 2.75) is 19.3 Å². The fraction of sp³-hybridized carbons (Fsp3) is 0.0600. The number of aromatic nitrogens is 3. The molecule has 0 unspecified atom stereocenters. The molecule has 10 rings (SSSR count). The molecule has 8 aromatic carbocycles. The average molecular weight is 678 g/mol. The van der Waals surface area contributed by atoms with E-state index in [9.17, 15) is 0 Å². The first-order chi connectivity index (χ1) is 26.0. The second kappa shape index (κ2) is 12.2. The van der Waals surface area contributed by atoms with Gasteiger partial charge in [-0.25, -0.2) is 15.0 Å². The van der Waals surface area contributed by atoms with Gasteiger partial charge in [0.05, 0.1) is 0 Å². The summed E-state index contributed by atoms with van der Waals surface area (Å²) in [5.74, 6) is 1.95. The summed E-state index contributed by atoms with van der Waals surface area (Å²) in [6, 6.07) is 62.7. The summed E-state index contributed by atoms with van der Waals surface area (Å²) in [6.07, 6.45) is 0. The Balaban J connectivity index is 1.19. The van der Waals surface area contributed by atoms with Crippen LogP contribution in [0.15, 0.2) is 176 Å². The lowest BCUT2D eigenvalue weighted by Crippen LogP contribution is -2.15. The first-order valence-electron chi connectivity index (χ1n) is 18.2. The van der Waals surface area contributed by atoms with E-state index in [-0.39, 0.29) is 5.41 Å². The molecule has 1 aliphatic carbocycles. The van der Waals surface area contributed by atoms with E-state index in [4.69, 9.17) is 15.0 Å². The lowest BCUT2D eigenvalue weighted by molar-refractivity contribution is 0.660. The van der Waals surface area contributed by atoms with Gasteiger partial charge in [-0.2, -0.15) is 0 Å². The Bertz CT molecular complexity index is 2800. The number of nitrogens with zero attached hydrogens (tertiary/aromatic N) is 3. The minimum atomic E-state index is -0.143. The normalized spacial score (nSPS) is 12.9. The van der Waals surface area contributed by atoms with Crippen molar-refractivity contribution in [2.24, 2.45) is 0 Å². The molecule has 0 fully saturated rings. The average Bonchev–Trinajstić information content (AvgIpc) is 3.46. The fourth-order valence-electron chi connectivity index (χ4n) is 8.11. The van der Waals surface area contributed by atoms with E-state index in [1.807, 2.05) is 0 Å². The van der Waals surface area contributed by atoms with Gasteiger partial charge in [0.2, 0.25) is 0 Å². The van der Waals surface area contributed by atoms with Gasteiger partial charge >= 0.3 is 0 Å². The zero-order valence-corrected chi connectivity index (χ0v) is 29.6. The molecule has 1 heterocycles. The van der Waals surface area contributed by atoms with Crippen molar-refractivity contribution >= 4 is 21.5 Å². The molecule has 0 amide bonds. The molecular weight excluding hydrogens is 643 g/mol. The van der Waals surface area contributed by atoms with Gasteiger partial charge in [-0.15, -0.1) is 0 Å². The molecule has 0 aliphatic heterocycles. The maximum atomic E-state index is 5.27. The van der Waals surface area contributed by atoms with Crippen molar-refractivity contribution in [1.82, 2.24) is 15.0 Å². The van der Waals surface area contributed by atoms with E-state index in [1.54, 1.807) is 0 Å². The number of hydrogen-bond acceptors (Lipinski definition) is 3. The smallest absolute Gasteiger partial charge is 0.164 e. The highest BCUT2D eigenvalue weighted by Crippen LogP contribution is 2.49. The van der Waals surface area contributed by atoms with Crippen LogP contribution >= 0.6 is 0 Å². The maximum Gasteiger partial charge on any atom is 0.164 e. The van der Waals surface area contributed by atoms with Crippen LogP contribution in [0.25, 0.3) is 89.1 Å². The highest BCUT2D eigenvalue weighted by Gasteiger charge is 2.35. The topological polar surface area (TPSA) is 38.7 Å². The molecule has 250 valence electrons. The maximum absolute atomic E-state index is 5.27. The van der Waals surface area contributed by atoms with Crippen molar-refractivity contribution in [3.8, 4) is 67.5 Å². The van der Waals surface area contributed by atoms with E-state index in [0.29, 0.717) is 17.5 Å². The van der Waals surface area contributed by atoms with E-state index >= 15 is 0 Å². The molecule has 3 heteroatoms. The van der Waals surface area contributed by atoms with Crippen LogP contribution in [0.3, 0.4) is 0 Å². The quantitative estimate of drug-likeness (QED) is 0.170. The minimum absolute atomic E-state index is 0.143. The van der Waals surface area contributed by atoms with Crippen molar-refractivity contribution in [3.05, 3.63) is 187 Å². The molecular formula is C50H35N3. The number of rotatable bonds is 5. The Labute approximate surface area is 309 Å². The molecule has 0 bridgehead atoms. The monoisotopic (exact) mass is 677 g/mol. The Hall–Kier alpha value is -6.71. The fourth-order valence-corrected chi connectivity index (χ4v) is 8.11. The van der Waals surface area contributed by atoms with Crippen LogP contribution in [-0.4, -0.2) is 15.0 Å². The van der Waals surface area contributed by atoms with Crippen molar-refractivity contribution in [1.29, 1.82) is 0 Å². The highest BCUT2D eigenvalue weighted by molar-refractivity contribution is 6.08. The molecule has 0 saturated heterocycles. The van der Waals surface area contributed by atoms with Gasteiger partial charge in [0.25, 0.3) is 0 Å². The van der Waals surface area contributed by atoms with Crippen LogP contribution in [0.5, 0.6) is 0 Å². The molecule has 1 aliphatic rings. The Morgan fingerprint density at radius 1 is 0.321 bits per heavy atom. The molecule has 0 saturated carbocycles. The summed E-state index contributed by atoms with van der Waals surface area (Å²) in [5.41, 5.74) is 12.4. The summed E-state index contributed by atoms with van der Waals surface area (Å²) in [5, 5.41) is 4.83. The predicted octanol–water partition coefficient (Wildman–Crippen LogP) is 12.8.